The summed E-state index contributed by atoms with van der Waals surface area (Å²) in [4.78, 5) is 31.6. The van der Waals surface area contributed by atoms with Crippen LogP contribution in [0.5, 0.6) is 0 Å². The standard InChI is InChI=1S/C25H33N5O4/c1-6-19-16-33-14-13-30(19)23-20-11-12-29(24(31)34-25(2,3)4)15-21(20)26-22(27-23)17-7-9-18(10-8-17)28-32-5/h6-10,19,28H,1,11-16H2,2-5H3. The molecule has 1 saturated heterocycles. The minimum absolute atomic E-state index is 0.0257. The summed E-state index contributed by atoms with van der Waals surface area (Å²) in [6, 6.07) is 7.75. The number of carbonyl (C=O) groups is 1. The highest BCUT2D eigenvalue weighted by atomic mass is 16.6. The number of carbonyl (C=O) groups excluding carboxylic acids is 1. The second-order valence-corrected chi connectivity index (χ2v) is 9.40. The van der Waals surface area contributed by atoms with Gasteiger partial charge in [0.25, 0.3) is 0 Å². The summed E-state index contributed by atoms with van der Waals surface area (Å²) in [6.07, 6.45) is 2.22. The second kappa shape index (κ2) is 9.99. The van der Waals surface area contributed by atoms with Crippen LogP contribution in [0, 0.1) is 0 Å². The number of rotatable bonds is 5. The molecule has 182 valence electrons. The van der Waals surface area contributed by atoms with E-state index in [-0.39, 0.29) is 12.1 Å². The van der Waals surface area contributed by atoms with Gasteiger partial charge < -0.3 is 19.3 Å². The van der Waals surface area contributed by atoms with Crippen LogP contribution in [-0.2, 0) is 27.3 Å². The fraction of sp³-hybridized carbons (Fsp3) is 0.480. The number of fused-ring (bicyclic) bond motifs is 1. The molecule has 3 heterocycles. The van der Waals surface area contributed by atoms with Gasteiger partial charge in [0, 0.05) is 24.2 Å². The smallest absolute Gasteiger partial charge is 0.410 e. The van der Waals surface area contributed by atoms with Gasteiger partial charge in [0.05, 0.1) is 44.3 Å². The van der Waals surface area contributed by atoms with Crippen molar-refractivity contribution in [1.29, 1.82) is 0 Å². The lowest BCUT2D eigenvalue weighted by molar-refractivity contribution is 0.0220. The van der Waals surface area contributed by atoms with Crippen LogP contribution in [0.25, 0.3) is 11.4 Å². The summed E-state index contributed by atoms with van der Waals surface area (Å²) in [5, 5.41) is 0. The summed E-state index contributed by atoms with van der Waals surface area (Å²) in [7, 11) is 1.57. The Hall–Kier alpha value is -3.17. The van der Waals surface area contributed by atoms with Gasteiger partial charge in [-0.15, -0.1) is 6.58 Å². The number of hydrogen-bond acceptors (Lipinski definition) is 8. The van der Waals surface area contributed by atoms with Crippen LogP contribution in [0.15, 0.2) is 36.9 Å². The fourth-order valence-corrected chi connectivity index (χ4v) is 4.15. The Balaban J connectivity index is 1.73. The number of nitrogens with zero attached hydrogens (tertiary/aromatic N) is 4. The van der Waals surface area contributed by atoms with E-state index in [1.54, 1.807) is 12.0 Å². The number of anilines is 2. The van der Waals surface area contributed by atoms with Crippen LogP contribution < -0.4 is 10.4 Å². The first-order chi connectivity index (χ1) is 16.3. The van der Waals surface area contributed by atoms with Gasteiger partial charge in [-0.2, -0.15) is 0 Å². The van der Waals surface area contributed by atoms with Gasteiger partial charge in [-0.1, -0.05) is 6.08 Å². The molecule has 0 spiro atoms. The molecule has 0 saturated carbocycles. The van der Waals surface area contributed by atoms with Crippen LogP contribution in [0.3, 0.4) is 0 Å². The average molecular weight is 468 g/mol. The summed E-state index contributed by atoms with van der Waals surface area (Å²) < 4.78 is 11.3. The molecule has 0 bridgehead atoms. The molecule has 1 aromatic heterocycles. The van der Waals surface area contributed by atoms with Crippen molar-refractivity contribution < 1.29 is 19.1 Å². The number of morpholine rings is 1. The highest BCUT2D eigenvalue weighted by Gasteiger charge is 2.32. The quantitative estimate of drug-likeness (QED) is 0.525. The molecule has 1 N–H and O–H groups in total. The summed E-state index contributed by atoms with van der Waals surface area (Å²) in [5.74, 6) is 1.49. The van der Waals surface area contributed by atoms with Gasteiger partial charge in [-0.3, -0.25) is 10.3 Å². The number of benzene rings is 1. The lowest BCUT2D eigenvalue weighted by Crippen LogP contribution is -2.46. The van der Waals surface area contributed by atoms with Crippen molar-refractivity contribution in [3.8, 4) is 11.4 Å². The Morgan fingerprint density at radius 2 is 2.00 bits per heavy atom. The molecule has 1 unspecified atom stereocenters. The Morgan fingerprint density at radius 1 is 1.24 bits per heavy atom. The Kier molecular flexibility index (Phi) is 7.04. The van der Waals surface area contributed by atoms with Crippen molar-refractivity contribution in [1.82, 2.24) is 14.9 Å². The summed E-state index contributed by atoms with van der Waals surface area (Å²) in [6.45, 7) is 12.4. The number of ether oxygens (including phenoxy) is 2. The predicted molar refractivity (Wildman–Crippen MR) is 131 cm³/mol. The first-order valence-corrected chi connectivity index (χ1v) is 11.5. The first-order valence-electron chi connectivity index (χ1n) is 11.5. The minimum Gasteiger partial charge on any atom is -0.444 e. The van der Waals surface area contributed by atoms with Gasteiger partial charge >= 0.3 is 6.09 Å². The molecule has 4 rings (SSSR count). The van der Waals surface area contributed by atoms with E-state index >= 15 is 0 Å². The van der Waals surface area contributed by atoms with Gasteiger partial charge in [0.1, 0.15) is 11.4 Å². The molecule has 1 amide bonds. The van der Waals surface area contributed by atoms with Crippen molar-refractivity contribution >= 4 is 17.6 Å². The predicted octanol–water partition coefficient (Wildman–Crippen LogP) is 3.80. The summed E-state index contributed by atoms with van der Waals surface area (Å²) in [5.41, 5.74) is 5.88. The summed E-state index contributed by atoms with van der Waals surface area (Å²) >= 11 is 0. The number of aromatic nitrogens is 2. The van der Waals surface area contributed by atoms with Crippen LogP contribution >= 0.6 is 0 Å². The largest absolute Gasteiger partial charge is 0.444 e. The van der Waals surface area contributed by atoms with Gasteiger partial charge in [0.15, 0.2) is 5.82 Å². The maximum absolute atomic E-state index is 12.8. The fourth-order valence-electron chi connectivity index (χ4n) is 4.15. The van der Waals surface area contributed by atoms with E-state index in [0.717, 1.165) is 28.3 Å². The molecule has 9 heteroatoms. The zero-order valence-electron chi connectivity index (χ0n) is 20.3. The molecule has 0 aliphatic carbocycles. The number of hydrogen-bond donors (Lipinski definition) is 1. The third kappa shape index (κ3) is 5.31. The van der Waals surface area contributed by atoms with Crippen molar-refractivity contribution in [2.24, 2.45) is 0 Å². The Morgan fingerprint density at radius 3 is 2.68 bits per heavy atom. The molecule has 2 aliphatic heterocycles. The van der Waals surface area contributed by atoms with Crippen LogP contribution in [-0.4, -0.2) is 66.0 Å². The zero-order valence-corrected chi connectivity index (χ0v) is 20.3. The molecule has 1 atom stereocenters. The van der Waals surface area contributed by atoms with Gasteiger partial charge in [-0.05, 0) is 51.5 Å². The number of nitrogens with one attached hydrogen (secondary N) is 1. The SMILES string of the molecule is C=CC1COCCN1c1nc(-c2ccc(NOC)cc2)nc2c1CCN(C(=O)OC(C)(C)C)C2. The molecule has 0 radical (unpaired) electrons. The van der Waals surface area contributed by atoms with Crippen LogP contribution in [0.4, 0.5) is 16.3 Å². The van der Waals surface area contributed by atoms with E-state index in [1.165, 1.54) is 0 Å². The highest BCUT2D eigenvalue weighted by Crippen LogP contribution is 2.32. The molecule has 1 fully saturated rings. The lowest BCUT2D eigenvalue weighted by atomic mass is 10.0. The number of amides is 1. The molecule has 34 heavy (non-hydrogen) atoms. The van der Waals surface area contributed by atoms with Crippen molar-refractivity contribution in [2.45, 2.75) is 45.4 Å². The minimum atomic E-state index is -0.553. The Bertz CT molecular complexity index is 1030. The first kappa shape index (κ1) is 24.0. The van der Waals surface area contributed by atoms with E-state index in [1.807, 2.05) is 51.1 Å². The second-order valence-electron chi connectivity index (χ2n) is 9.40. The third-order valence-electron chi connectivity index (χ3n) is 5.77. The highest BCUT2D eigenvalue weighted by molar-refractivity contribution is 5.70. The van der Waals surface area contributed by atoms with E-state index in [2.05, 4.69) is 17.0 Å². The van der Waals surface area contributed by atoms with Crippen molar-refractivity contribution in [2.75, 3.05) is 43.8 Å². The molecule has 9 nitrogen and oxygen atoms in total. The van der Waals surface area contributed by atoms with Gasteiger partial charge in [-0.25, -0.2) is 14.8 Å². The van der Waals surface area contributed by atoms with Gasteiger partial charge in [0.2, 0.25) is 0 Å². The Labute approximate surface area is 200 Å². The van der Waals surface area contributed by atoms with E-state index in [4.69, 9.17) is 24.3 Å². The third-order valence-corrected chi connectivity index (χ3v) is 5.77. The normalized spacial score (nSPS) is 18.3. The van der Waals surface area contributed by atoms with Crippen LogP contribution in [0.2, 0.25) is 0 Å². The van der Waals surface area contributed by atoms with E-state index < -0.39 is 5.60 Å². The van der Waals surface area contributed by atoms with Crippen LogP contribution in [0.1, 0.15) is 32.0 Å². The van der Waals surface area contributed by atoms with Crippen molar-refractivity contribution in [3.05, 3.63) is 48.2 Å². The molecule has 2 aliphatic rings. The lowest BCUT2D eigenvalue weighted by Gasteiger charge is -2.38. The maximum atomic E-state index is 12.8. The molecular weight excluding hydrogens is 434 g/mol. The van der Waals surface area contributed by atoms with E-state index in [0.29, 0.717) is 45.1 Å². The topological polar surface area (TPSA) is 89.1 Å². The molecule has 2 aromatic rings. The molecule has 1 aromatic carbocycles. The maximum Gasteiger partial charge on any atom is 0.410 e. The van der Waals surface area contributed by atoms with E-state index in [9.17, 15) is 4.79 Å². The average Bonchev–Trinajstić information content (AvgIpc) is 2.82. The molecular formula is C25H33N5O4. The zero-order chi connectivity index (χ0) is 24.3. The monoisotopic (exact) mass is 467 g/mol. The van der Waals surface area contributed by atoms with Crippen molar-refractivity contribution in [3.63, 3.8) is 0 Å².